The van der Waals surface area contributed by atoms with Crippen molar-refractivity contribution in [1.82, 2.24) is 4.90 Å². The highest BCUT2D eigenvalue weighted by Crippen LogP contribution is 2.32. The van der Waals surface area contributed by atoms with Crippen LogP contribution in [0.3, 0.4) is 0 Å². The van der Waals surface area contributed by atoms with E-state index in [1.165, 1.54) is 0 Å². The summed E-state index contributed by atoms with van der Waals surface area (Å²) < 4.78 is 0. The number of hydrogen-bond donors (Lipinski definition) is 1. The zero-order valence-electron chi connectivity index (χ0n) is 9.70. The van der Waals surface area contributed by atoms with Crippen molar-refractivity contribution in [2.75, 3.05) is 13.6 Å². The van der Waals surface area contributed by atoms with Gasteiger partial charge in [0.1, 0.15) is 5.54 Å². The Labute approximate surface area is 101 Å². The predicted molar refractivity (Wildman–Crippen MR) is 64.7 cm³/mol. The minimum atomic E-state index is -1.09. The summed E-state index contributed by atoms with van der Waals surface area (Å²) in [7, 11) is 1.78. The maximum Gasteiger partial charge on any atom is 0.328 e. The highest BCUT2D eigenvalue weighted by atomic mass is 35.5. The molecule has 1 aromatic rings. The normalized spacial score (nSPS) is 14.8. The summed E-state index contributed by atoms with van der Waals surface area (Å²) >= 11 is 6.06. The quantitative estimate of drug-likeness (QED) is 0.881. The third-order valence-electron chi connectivity index (χ3n) is 3.05. The summed E-state index contributed by atoms with van der Waals surface area (Å²) in [5, 5.41) is 9.89. The van der Waals surface area contributed by atoms with Crippen LogP contribution in [0, 0.1) is 0 Å². The first-order chi connectivity index (χ1) is 7.44. The summed E-state index contributed by atoms with van der Waals surface area (Å²) in [4.78, 5) is 13.2. The largest absolute Gasteiger partial charge is 0.480 e. The summed E-state index contributed by atoms with van der Waals surface area (Å²) in [6.07, 6.45) is 0. The molecule has 4 heteroatoms. The Morgan fingerprint density at radius 1 is 1.50 bits per heavy atom. The van der Waals surface area contributed by atoms with Crippen LogP contribution in [0.2, 0.25) is 5.02 Å². The molecular formula is C12H16ClNO2. The van der Waals surface area contributed by atoms with E-state index in [-0.39, 0.29) is 0 Å². The Bertz CT molecular complexity index is 394. The van der Waals surface area contributed by atoms with E-state index in [2.05, 4.69) is 0 Å². The number of benzene rings is 1. The van der Waals surface area contributed by atoms with E-state index in [0.717, 1.165) is 0 Å². The monoisotopic (exact) mass is 241 g/mol. The van der Waals surface area contributed by atoms with E-state index in [4.69, 9.17) is 11.6 Å². The molecule has 0 saturated carbocycles. The summed E-state index contributed by atoms with van der Waals surface area (Å²) in [5.41, 5.74) is -0.471. The molecule has 0 saturated heterocycles. The second-order valence-corrected chi connectivity index (χ2v) is 4.28. The molecule has 0 aliphatic heterocycles. The molecule has 88 valence electrons. The SMILES string of the molecule is CCN(C)C(C)(C(=O)O)c1ccccc1Cl. The van der Waals surface area contributed by atoms with Crippen molar-refractivity contribution in [3.8, 4) is 0 Å². The number of carboxylic acid groups (broad SMARTS) is 1. The Hall–Kier alpha value is -1.06. The van der Waals surface area contributed by atoms with Gasteiger partial charge in [-0.15, -0.1) is 0 Å². The first kappa shape index (κ1) is 13.0. The Morgan fingerprint density at radius 3 is 2.50 bits per heavy atom. The zero-order chi connectivity index (χ0) is 12.3. The van der Waals surface area contributed by atoms with Crippen LogP contribution < -0.4 is 0 Å². The van der Waals surface area contributed by atoms with E-state index < -0.39 is 11.5 Å². The van der Waals surface area contributed by atoms with E-state index in [1.807, 2.05) is 6.92 Å². The molecule has 0 heterocycles. The number of halogens is 1. The molecule has 1 atom stereocenters. The van der Waals surface area contributed by atoms with Crippen molar-refractivity contribution >= 4 is 17.6 Å². The van der Waals surface area contributed by atoms with E-state index in [9.17, 15) is 9.90 Å². The van der Waals surface area contributed by atoms with Gasteiger partial charge in [0, 0.05) is 10.6 Å². The molecular weight excluding hydrogens is 226 g/mol. The lowest BCUT2D eigenvalue weighted by Gasteiger charge is -2.35. The van der Waals surface area contributed by atoms with Crippen molar-refractivity contribution < 1.29 is 9.90 Å². The van der Waals surface area contributed by atoms with Gasteiger partial charge in [-0.3, -0.25) is 4.90 Å². The smallest absolute Gasteiger partial charge is 0.328 e. The van der Waals surface area contributed by atoms with Gasteiger partial charge in [-0.1, -0.05) is 36.7 Å². The molecule has 0 fully saturated rings. The summed E-state index contributed by atoms with van der Waals surface area (Å²) in [6, 6.07) is 7.05. The van der Waals surface area contributed by atoms with Crippen molar-refractivity contribution in [3.63, 3.8) is 0 Å². The molecule has 0 aliphatic carbocycles. The average Bonchev–Trinajstić information content (AvgIpc) is 2.27. The second kappa shape index (κ2) is 4.85. The van der Waals surface area contributed by atoms with Crippen molar-refractivity contribution in [2.24, 2.45) is 0 Å². The van der Waals surface area contributed by atoms with Gasteiger partial charge in [0.05, 0.1) is 0 Å². The van der Waals surface area contributed by atoms with E-state index >= 15 is 0 Å². The third-order valence-corrected chi connectivity index (χ3v) is 3.38. The van der Waals surface area contributed by atoms with Crippen molar-refractivity contribution in [2.45, 2.75) is 19.4 Å². The summed E-state index contributed by atoms with van der Waals surface area (Å²) in [6.45, 7) is 4.21. The Morgan fingerprint density at radius 2 is 2.06 bits per heavy atom. The van der Waals surface area contributed by atoms with Crippen LogP contribution in [-0.2, 0) is 10.3 Å². The molecule has 1 unspecified atom stereocenters. The van der Waals surface area contributed by atoms with Gasteiger partial charge in [-0.25, -0.2) is 4.79 Å². The van der Waals surface area contributed by atoms with Gasteiger partial charge in [0.15, 0.2) is 0 Å². The van der Waals surface area contributed by atoms with Gasteiger partial charge in [-0.05, 0) is 26.6 Å². The molecule has 0 amide bonds. The number of likely N-dealkylation sites (N-methyl/N-ethyl adjacent to an activating group) is 1. The minimum absolute atomic E-state index is 0.479. The fraction of sp³-hybridized carbons (Fsp3) is 0.417. The maximum atomic E-state index is 11.5. The number of carbonyl (C=O) groups is 1. The lowest BCUT2D eigenvalue weighted by Crippen LogP contribution is -2.47. The first-order valence-electron chi connectivity index (χ1n) is 5.14. The molecule has 1 rings (SSSR count). The molecule has 0 bridgehead atoms. The van der Waals surface area contributed by atoms with E-state index in [1.54, 1.807) is 43.1 Å². The van der Waals surface area contributed by atoms with Crippen molar-refractivity contribution in [3.05, 3.63) is 34.9 Å². The second-order valence-electron chi connectivity index (χ2n) is 3.87. The number of nitrogens with zero attached hydrogens (tertiary/aromatic N) is 1. The maximum absolute atomic E-state index is 11.5. The van der Waals surface area contributed by atoms with Gasteiger partial charge in [0.2, 0.25) is 0 Å². The van der Waals surface area contributed by atoms with Gasteiger partial charge < -0.3 is 5.11 Å². The predicted octanol–water partition coefficient (Wildman–Crippen LogP) is 2.59. The molecule has 1 aromatic carbocycles. The van der Waals surface area contributed by atoms with Crippen LogP contribution in [-0.4, -0.2) is 29.6 Å². The number of hydrogen-bond acceptors (Lipinski definition) is 2. The molecule has 0 radical (unpaired) electrons. The highest BCUT2D eigenvalue weighted by Gasteiger charge is 2.40. The van der Waals surface area contributed by atoms with Gasteiger partial charge in [-0.2, -0.15) is 0 Å². The van der Waals surface area contributed by atoms with Crippen LogP contribution in [0.5, 0.6) is 0 Å². The molecule has 16 heavy (non-hydrogen) atoms. The van der Waals surface area contributed by atoms with Gasteiger partial charge in [0.25, 0.3) is 0 Å². The molecule has 0 aliphatic rings. The first-order valence-corrected chi connectivity index (χ1v) is 5.52. The number of carboxylic acids is 1. The van der Waals surface area contributed by atoms with E-state index in [0.29, 0.717) is 17.1 Å². The molecule has 0 spiro atoms. The zero-order valence-corrected chi connectivity index (χ0v) is 10.5. The molecule has 0 aromatic heterocycles. The lowest BCUT2D eigenvalue weighted by atomic mass is 9.90. The van der Waals surface area contributed by atoms with Crippen molar-refractivity contribution in [1.29, 1.82) is 0 Å². The third kappa shape index (κ3) is 2.06. The van der Waals surface area contributed by atoms with Gasteiger partial charge >= 0.3 is 5.97 Å². The summed E-state index contributed by atoms with van der Waals surface area (Å²) in [5.74, 6) is -0.898. The fourth-order valence-corrected chi connectivity index (χ4v) is 1.98. The van der Waals surface area contributed by atoms with Crippen LogP contribution in [0.15, 0.2) is 24.3 Å². The van der Waals surface area contributed by atoms with Crippen LogP contribution in [0.4, 0.5) is 0 Å². The number of aliphatic carboxylic acids is 1. The molecule has 1 N–H and O–H groups in total. The average molecular weight is 242 g/mol. The standard InChI is InChI=1S/C12H16ClNO2/c1-4-14(3)12(2,11(15)16)9-7-5-6-8-10(9)13/h5-8H,4H2,1-3H3,(H,15,16). The van der Waals surface area contributed by atoms with Crippen LogP contribution in [0.1, 0.15) is 19.4 Å². The minimum Gasteiger partial charge on any atom is -0.480 e. The highest BCUT2D eigenvalue weighted by molar-refractivity contribution is 6.31. The van der Waals surface area contributed by atoms with Crippen LogP contribution >= 0.6 is 11.6 Å². The Balaban J connectivity index is 3.33. The Kier molecular flexibility index (Phi) is 3.94. The lowest BCUT2D eigenvalue weighted by molar-refractivity contribution is -0.150. The number of rotatable bonds is 4. The topological polar surface area (TPSA) is 40.5 Å². The fourth-order valence-electron chi connectivity index (χ4n) is 1.66. The van der Waals surface area contributed by atoms with Crippen LogP contribution in [0.25, 0.3) is 0 Å². The molecule has 3 nitrogen and oxygen atoms in total.